The van der Waals surface area contributed by atoms with E-state index >= 15 is 0 Å². The minimum absolute atomic E-state index is 0.128. The number of hydrogen-bond donors (Lipinski definition) is 2. The predicted octanol–water partition coefficient (Wildman–Crippen LogP) is 2.00. The van der Waals surface area contributed by atoms with Crippen LogP contribution in [0.15, 0.2) is 33.5 Å². The zero-order chi connectivity index (χ0) is 17.3. The third-order valence-corrected chi connectivity index (χ3v) is 3.78. The lowest BCUT2D eigenvalue weighted by atomic mass is 10.2. The molecule has 3 aromatic rings. The summed E-state index contributed by atoms with van der Waals surface area (Å²) in [5, 5.41) is 10.3. The van der Waals surface area contributed by atoms with Crippen molar-refractivity contribution in [1.29, 1.82) is 0 Å². The van der Waals surface area contributed by atoms with Gasteiger partial charge in [-0.3, -0.25) is 14.3 Å². The van der Waals surface area contributed by atoms with Crippen molar-refractivity contribution in [2.24, 2.45) is 7.05 Å². The van der Waals surface area contributed by atoms with Crippen molar-refractivity contribution in [3.63, 3.8) is 0 Å². The Labute approximate surface area is 145 Å². The lowest BCUT2D eigenvalue weighted by molar-refractivity contribution is -0.115. The first-order valence-electron chi connectivity index (χ1n) is 7.07. The summed E-state index contributed by atoms with van der Waals surface area (Å²) in [5.41, 5.74) is 2.11. The first kappa shape index (κ1) is 16.2. The molecule has 0 bridgehead atoms. The van der Waals surface area contributed by atoms with Crippen molar-refractivity contribution >= 4 is 44.5 Å². The minimum atomic E-state index is -0.465. The Hall–Kier alpha value is -2.68. The van der Waals surface area contributed by atoms with Gasteiger partial charge in [-0.15, -0.1) is 0 Å². The number of amides is 2. The van der Waals surface area contributed by atoms with E-state index in [-0.39, 0.29) is 18.2 Å². The summed E-state index contributed by atoms with van der Waals surface area (Å²) < 4.78 is 7.24. The van der Waals surface area contributed by atoms with Crippen LogP contribution in [0.3, 0.4) is 0 Å². The second-order valence-corrected chi connectivity index (χ2v) is 5.92. The molecule has 8 nitrogen and oxygen atoms in total. The number of nitrogens with one attached hydrogen (secondary N) is 2. The maximum Gasteiger partial charge on any atom is 0.287 e. The number of hydrogen-bond acceptors (Lipinski definition) is 5. The van der Waals surface area contributed by atoms with Gasteiger partial charge in [0.15, 0.2) is 16.1 Å². The van der Waals surface area contributed by atoms with Crippen LogP contribution >= 0.6 is 15.9 Å². The molecule has 2 N–H and O–H groups in total. The van der Waals surface area contributed by atoms with E-state index in [4.69, 9.17) is 4.42 Å². The lowest BCUT2D eigenvalue weighted by Crippen LogP contribution is -2.32. The summed E-state index contributed by atoms with van der Waals surface area (Å²) >= 11 is 3.11. The molecule has 0 unspecified atom stereocenters. The molecule has 24 heavy (non-hydrogen) atoms. The fourth-order valence-electron chi connectivity index (χ4n) is 2.27. The van der Waals surface area contributed by atoms with E-state index < -0.39 is 5.91 Å². The Balaban J connectivity index is 1.62. The van der Waals surface area contributed by atoms with E-state index in [1.165, 1.54) is 6.07 Å². The fourth-order valence-corrected chi connectivity index (χ4v) is 2.57. The van der Waals surface area contributed by atoms with E-state index in [2.05, 4.69) is 36.6 Å². The first-order valence-corrected chi connectivity index (χ1v) is 7.86. The van der Waals surface area contributed by atoms with Crippen molar-refractivity contribution < 1.29 is 14.0 Å². The highest BCUT2D eigenvalue weighted by atomic mass is 79.9. The standard InChI is InChI=1S/C15H14BrN5O3/c1-8-10-5-9(6-17-14(10)21(2)20-8)19-13(22)7-18-15(23)11-3-4-12(16)24-11/h3-6H,7H2,1-2H3,(H,18,23)(H,19,22). The number of nitrogens with zero attached hydrogens (tertiary/aromatic N) is 3. The smallest absolute Gasteiger partial charge is 0.287 e. The van der Waals surface area contributed by atoms with Gasteiger partial charge in [0.1, 0.15) is 0 Å². The Bertz CT molecular complexity index is 930. The highest BCUT2D eigenvalue weighted by Gasteiger charge is 2.13. The second kappa shape index (κ2) is 6.44. The molecule has 0 atom stereocenters. The van der Waals surface area contributed by atoms with Crippen LogP contribution in [0.2, 0.25) is 0 Å². The van der Waals surface area contributed by atoms with Crippen LogP contribution in [0.5, 0.6) is 0 Å². The number of furan rings is 1. The second-order valence-electron chi connectivity index (χ2n) is 5.14. The summed E-state index contributed by atoms with van der Waals surface area (Å²) in [5.74, 6) is -0.701. The number of fused-ring (bicyclic) bond motifs is 1. The third kappa shape index (κ3) is 3.30. The van der Waals surface area contributed by atoms with Gasteiger partial charge in [-0.1, -0.05) is 0 Å². The van der Waals surface area contributed by atoms with Crippen LogP contribution < -0.4 is 10.6 Å². The molecule has 0 fully saturated rings. The minimum Gasteiger partial charge on any atom is -0.444 e. The normalized spacial score (nSPS) is 10.8. The fraction of sp³-hybridized carbons (Fsp3) is 0.200. The number of rotatable bonds is 4. The van der Waals surface area contributed by atoms with Crippen LogP contribution in [0.1, 0.15) is 16.2 Å². The van der Waals surface area contributed by atoms with Gasteiger partial charge in [0.05, 0.1) is 24.1 Å². The third-order valence-electron chi connectivity index (χ3n) is 3.35. The van der Waals surface area contributed by atoms with Gasteiger partial charge < -0.3 is 15.1 Å². The van der Waals surface area contributed by atoms with Crippen molar-refractivity contribution in [2.45, 2.75) is 6.92 Å². The highest BCUT2D eigenvalue weighted by Crippen LogP contribution is 2.19. The zero-order valence-corrected chi connectivity index (χ0v) is 14.5. The average Bonchev–Trinajstić information content (AvgIpc) is 3.09. The van der Waals surface area contributed by atoms with Gasteiger partial charge in [-0.2, -0.15) is 5.10 Å². The Morgan fingerprint density at radius 2 is 2.17 bits per heavy atom. The van der Waals surface area contributed by atoms with E-state index in [1.54, 1.807) is 23.0 Å². The van der Waals surface area contributed by atoms with Crippen molar-refractivity contribution in [3.8, 4) is 0 Å². The molecule has 0 saturated carbocycles. The Kier molecular flexibility index (Phi) is 4.34. The summed E-state index contributed by atoms with van der Waals surface area (Å²) in [6.07, 6.45) is 1.55. The van der Waals surface area contributed by atoms with Crippen LogP contribution in [-0.4, -0.2) is 33.1 Å². The SMILES string of the molecule is Cc1nn(C)c2ncc(NC(=O)CNC(=O)c3ccc(Br)o3)cc12. The van der Waals surface area contributed by atoms with E-state index in [1.807, 2.05) is 14.0 Å². The number of pyridine rings is 1. The molecule has 3 heterocycles. The first-order chi connectivity index (χ1) is 11.4. The summed E-state index contributed by atoms with van der Waals surface area (Å²) in [7, 11) is 1.81. The quantitative estimate of drug-likeness (QED) is 0.707. The maximum absolute atomic E-state index is 12.0. The van der Waals surface area contributed by atoms with Crippen LogP contribution in [-0.2, 0) is 11.8 Å². The molecule has 124 valence electrons. The molecular formula is C15H14BrN5O3. The molecule has 0 aliphatic heterocycles. The number of halogens is 1. The van der Waals surface area contributed by atoms with Crippen LogP contribution in [0, 0.1) is 6.92 Å². The molecule has 0 saturated heterocycles. The Morgan fingerprint density at radius 1 is 1.38 bits per heavy atom. The van der Waals surface area contributed by atoms with Gasteiger partial charge in [0.2, 0.25) is 5.91 Å². The molecule has 3 rings (SSSR count). The maximum atomic E-state index is 12.0. The number of aryl methyl sites for hydroxylation is 2. The molecular weight excluding hydrogens is 378 g/mol. The molecule has 0 aliphatic rings. The van der Waals surface area contributed by atoms with Crippen molar-refractivity contribution in [2.75, 3.05) is 11.9 Å². The number of carbonyl (C=O) groups excluding carboxylic acids is 2. The largest absolute Gasteiger partial charge is 0.444 e. The van der Waals surface area contributed by atoms with Gasteiger partial charge in [0.25, 0.3) is 5.91 Å². The zero-order valence-electron chi connectivity index (χ0n) is 13.0. The van der Waals surface area contributed by atoms with Gasteiger partial charge in [-0.25, -0.2) is 4.98 Å². The van der Waals surface area contributed by atoms with E-state index in [0.717, 1.165) is 16.7 Å². The summed E-state index contributed by atoms with van der Waals surface area (Å²) in [4.78, 5) is 28.1. The number of anilines is 1. The predicted molar refractivity (Wildman–Crippen MR) is 90.6 cm³/mol. The van der Waals surface area contributed by atoms with E-state index in [0.29, 0.717) is 10.4 Å². The highest BCUT2D eigenvalue weighted by molar-refractivity contribution is 9.10. The van der Waals surface area contributed by atoms with Gasteiger partial charge in [-0.05, 0) is 41.1 Å². The average molecular weight is 392 g/mol. The number of carbonyl (C=O) groups is 2. The van der Waals surface area contributed by atoms with Crippen molar-refractivity contribution in [3.05, 3.63) is 40.5 Å². The monoisotopic (exact) mass is 391 g/mol. The molecule has 0 aromatic carbocycles. The van der Waals surface area contributed by atoms with Crippen LogP contribution in [0.25, 0.3) is 11.0 Å². The molecule has 0 aliphatic carbocycles. The molecule has 0 radical (unpaired) electrons. The summed E-state index contributed by atoms with van der Waals surface area (Å²) in [6.45, 7) is 1.69. The molecule has 9 heteroatoms. The topological polar surface area (TPSA) is 102 Å². The van der Waals surface area contributed by atoms with Crippen LogP contribution in [0.4, 0.5) is 5.69 Å². The van der Waals surface area contributed by atoms with Gasteiger partial charge in [0, 0.05) is 12.4 Å². The Morgan fingerprint density at radius 3 is 2.88 bits per heavy atom. The van der Waals surface area contributed by atoms with Gasteiger partial charge >= 0.3 is 0 Å². The van der Waals surface area contributed by atoms with Crippen molar-refractivity contribution in [1.82, 2.24) is 20.1 Å². The molecule has 3 aromatic heterocycles. The lowest BCUT2D eigenvalue weighted by Gasteiger charge is -2.06. The van der Waals surface area contributed by atoms with E-state index in [9.17, 15) is 9.59 Å². The number of aromatic nitrogens is 3. The molecule has 0 spiro atoms. The molecule has 2 amide bonds. The summed E-state index contributed by atoms with van der Waals surface area (Å²) in [6, 6.07) is 4.92.